The van der Waals surface area contributed by atoms with Crippen molar-refractivity contribution < 1.29 is 14.3 Å². The van der Waals surface area contributed by atoms with E-state index in [1.807, 2.05) is 6.07 Å². The van der Waals surface area contributed by atoms with Crippen LogP contribution in [0.2, 0.25) is 0 Å². The van der Waals surface area contributed by atoms with Crippen LogP contribution in [-0.2, 0) is 21.5 Å². The van der Waals surface area contributed by atoms with Crippen LogP contribution >= 0.6 is 0 Å². The molecular weight excluding hydrogens is 278 g/mol. The lowest BCUT2D eigenvalue weighted by atomic mass is 9.66. The highest BCUT2D eigenvalue weighted by molar-refractivity contribution is 5.81. The van der Waals surface area contributed by atoms with E-state index in [-0.39, 0.29) is 11.6 Å². The average molecular weight is 301 g/mol. The van der Waals surface area contributed by atoms with Crippen molar-refractivity contribution >= 4 is 5.91 Å². The van der Waals surface area contributed by atoms with Gasteiger partial charge < -0.3 is 14.4 Å². The number of nitrogens with zero attached hydrogens (tertiary/aromatic N) is 1. The van der Waals surface area contributed by atoms with Crippen LogP contribution in [-0.4, -0.2) is 37.7 Å². The van der Waals surface area contributed by atoms with Gasteiger partial charge in [0.25, 0.3) is 0 Å². The Morgan fingerprint density at radius 1 is 1.27 bits per heavy atom. The van der Waals surface area contributed by atoms with Crippen molar-refractivity contribution in [3.05, 3.63) is 29.3 Å². The molecule has 1 saturated heterocycles. The Kier molecular flexibility index (Phi) is 3.19. The highest BCUT2D eigenvalue weighted by atomic mass is 16.5. The Balaban J connectivity index is 1.85. The molecule has 3 atom stereocenters. The van der Waals surface area contributed by atoms with E-state index < -0.39 is 0 Å². The van der Waals surface area contributed by atoms with Gasteiger partial charge in [0.1, 0.15) is 5.75 Å². The lowest BCUT2D eigenvalue weighted by molar-refractivity contribution is -0.134. The summed E-state index contributed by atoms with van der Waals surface area (Å²) in [5.41, 5.74) is 2.53. The molecule has 2 heterocycles. The van der Waals surface area contributed by atoms with Crippen LogP contribution in [0, 0.1) is 5.92 Å². The van der Waals surface area contributed by atoms with Gasteiger partial charge >= 0.3 is 0 Å². The van der Waals surface area contributed by atoms with E-state index in [2.05, 4.69) is 17.0 Å². The molecule has 1 spiro atoms. The number of fused-ring (bicyclic) bond motifs is 1. The molecule has 0 bridgehead atoms. The quantitative estimate of drug-likeness (QED) is 0.842. The van der Waals surface area contributed by atoms with E-state index in [4.69, 9.17) is 9.47 Å². The Morgan fingerprint density at radius 2 is 2.14 bits per heavy atom. The van der Waals surface area contributed by atoms with Crippen molar-refractivity contribution in [3.63, 3.8) is 0 Å². The monoisotopic (exact) mass is 301 g/mol. The van der Waals surface area contributed by atoms with E-state index in [1.165, 1.54) is 11.1 Å². The summed E-state index contributed by atoms with van der Waals surface area (Å²) < 4.78 is 11.1. The molecule has 4 nitrogen and oxygen atoms in total. The smallest absolute Gasteiger partial charge is 0.223 e. The van der Waals surface area contributed by atoms with Gasteiger partial charge in [0.15, 0.2) is 0 Å². The number of ether oxygens (including phenoxy) is 2. The minimum Gasteiger partial charge on any atom is -0.497 e. The minimum atomic E-state index is -0.143. The normalized spacial score (nSPS) is 33.2. The maximum Gasteiger partial charge on any atom is 0.223 e. The van der Waals surface area contributed by atoms with Gasteiger partial charge in [-0.2, -0.15) is 0 Å². The number of rotatable bonds is 2. The van der Waals surface area contributed by atoms with Crippen molar-refractivity contribution in [3.8, 4) is 5.75 Å². The lowest BCUT2D eigenvalue weighted by Gasteiger charge is -2.51. The molecule has 22 heavy (non-hydrogen) atoms. The Bertz CT molecular complexity index is 614. The fourth-order valence-corrected chi connectivity index (χ4v) is 4.95. The van der Waals surface area contributed by atoms with Gasteiger partial charge in [-0.25, -0.2) is 0 Å². The first-order chi connectivity index (χ1) is 10.7. The first-order valence-corrected chi connectivity index (χ1v) is 8.19. The first-order valence-electron chi connectivity index (χ1n) is 8.19. The number of amides is 1. The largest absolute Gasteiger partial charge is 0.497 e. The summed E-state index contributed by atoms with van der Waals surface area (Å²) >= 11 is 0. The molecule has 0 N–H and O–H groups in total. The number of methoxy groups -OCH3 is 2. The average Bonchev–Trinajstić information content (AvgIpc) is 2.85. The summed E-state index contributed by atoms with van der Waals surface area (Å²) in [5.74, 6) is 1.66. The molecular formula is C18H23NO3. The first kappa shape index (κ1) is 14.1. The van der Waals surface area contributed by atoms with Crippen molar-refractivity contribution in [2.45, 2.75) is 43.7 Å². The zero-order valence-electron chi connectivity index (χ0n) is 13.3. The molecule has 0 aromatic heterocycles. The molecule has 1 aromatic carbocycles. The van der Waals surface area contributed by atoms with Gasteiger partial charge in [-0.1, -0.05) is 6.07 Å². The van der Waals surface area contributed by atoms with E-state index >= 15 is 0 Å². The highest BCUT2D eigenvalue weighted by Gasteiger charge is 2.58. The summed E-state index contributed by atoms with van der Waals surface area (Å²) in [7, 11) is 3.50. The molecule has 4 heteroatoms. The van der Waals surface area contributed by atoms with Gasteiger partial charge in [0.2, 0.25) is 5.91 Å². The van der Waals surface area contributed by atoms with Crippen molar-refractivity contribution in [1.29, 1.82) is 0 Å². The number of hydrogen-bond acceptors (Lipinski definition) is 3. The van der Waals surface area contributed by atoms with E-state index in [0.29, 0.717) is 18.2 Å². The minimum absolute atomic E-state index is 0.143. The molecule has 3 aliphatic rings. The third kappa shape index (κ3) is 1.76. The second kappa shape index (κ2) is 4.98. The fourth-order valence-electron chi connectivity index (χ4n) is 4.95. The zero-order chi connectivity index (χ0) is 15.3. The van der Waals surface area contributed by atoms with Crippen molar-refractivity contribution in [2.24, 2.45) is 5.92 Å². The third-order valence-electron chi connectivity index (χ3n) is 5.97. The SMILES string of the molecule is COc1ccc2c(c1)CCN1C(=O)C[C@@H]3CCC(OC)C[C@@]231. The molecule has 1 saturated carbocycles. The summed E-state index contributed by atoms with van der Waals surface area (Å²) in [6.45, 7) is 0.825. The van der Waals surface area contributed by atoms with Crippen LogP contribution in [0.3, 0.4) is 0 Å². The predicted molar refractivity (Wildman–Crippen MR) is 82.8 cm³/mol. The van der Waals surface area contributed by atoms with Crippen molar-refractivity contribution in [2.75, 3.05) is 20.8 Å². The second-order valence-corrected chi connectivity index (χ2v) is 6.78. The van der Waals surface area contributed by atoms with Gasteiger partial charge in [-0.15, -0.1) is 0 Å². The standard InChI is InChI=1S/C18H23NO3/c1-21-14-5-6-16-12(9-14)7-8-19-17(20)10-13-3-4-15(22-2)11-18(13,16)19/h5-6,9,13,15H,3-4,7-8,10-11H2,1-2H3/t13-,15?,18-/m0/s1. The van der Waals surface area contributed by atoms with E-state index in [0.717, 1.165) is 38.0 Å². The number of carbonyl (C=O) groups excluding carboxylic acids is 1. The Hall–Kier alpha value is -1.55. The van der Waals surface area contributed by atoms with E-state index in [9.17, 15) is 4.79 Å². The zero-order valence-corrected chi connectivity index (χ0v) is 13.3. The van der Waals surface area contributed by atoms with Crippen LogP contribution in [0.25, 0.3) is 0 Å². The van der Waals surface area contributed by atoms with Gasteiger partial charge in [-0.3, -0.25) is 4.79 Å². The fraction of sp³-hybridized carbons (Fsp3) is 0.611. The molecule has 1 aliphatic carbocycles. The van der Waals surface area contributed by atoms with Crippen LogP contribution in [0.5, 0.6) is 5.75 Å². The maximum absolute atomic E-state index is 12.6. The molecule has 2 aliphatic heterocycles. The van der Waals surface area contributed by atoms with Crippen LogP contribution in [0.1, 0.15) is 36.8 Å². The van der Waals surface area contributed by atoms with E-state index in [1.54, 1.807) is 14.2 Å². The van der Waals surface area contributed by atoms with Crippen LogP contribution in [0.15, 0.2) is 18.2 Å². The second-order valence-electron chi connectivity index (χ2n) is 6.78. The molecule has 4 rings (SSSR count). The number of hydrogen-bond donors (Lipinski definition) is 0. The predicted octanol–water partition coefficient (Wildman–Crippen LogP) is 2.49. The number of benzene rings is 1. The molecule has 2 fully saturated rings. The van der Waals surface area contributed by atoms with Crippen molar-refractivity contribution in [1.82, 2.24) is 4.90 Å². The molecule has 1 amide bonds. The van der Waals surface area contributed by atoms with Gasteiger partial charge in [0.05, 0.1) is 18.8 Å². The van der Waals surface area contributed by atoms with Crippen LogP contribution < -0.4 is 4.74 Å². The lowest BCUT2D eigenvalue weighted by Crippen LogP contribution is -2.54. The summed E-state index contributed by atoms with van der Waals surface area (Å²) in [5, 5.41) is 0. The molecule has 1 unspecified atom stereocenters. The van der Waals surface area contributed by atoms with Gasteiger partial charge in [0, 0.05) is 26.5 Å². The summed E-state index contributed by atoms with van der Waals surface area (Å²) in [6.07, 6.45) is 4.94. The van der Waals surface area contributed by atoms with Crippen LogP contribution in [0.4, 0.5) is 0 Å². The number of carbonyl (C=O) groups is 1. The Morgan fingerprint density at radius 3 is 2.91 bits per heavy atom. The Labute approximate surface area is 131 Å². The summed E-state index contributed by atoms with van der Waals surface area (Å²) in [4.78, 5) is 14.7. The highest BCUT2D eigenvalue weighted by Crippen LogP contribution is 2.55. The summed E-state index contributed by atoms with van der Waals surface area (Å²) in [6, 6.07) is 6.37. The maximum atomic E-state index is 12.6. The van der Waals surface area contributed by atoms with Gasteiger partial charge in [-0.05, 0) is 48.4 Å². The topological polar surface area (TPSA) is 38.8 Å². The molecule has 1 aromatic rings. The molecule has 118 valence electrons. The molecule has 0 radical (unpaired) electrons. The third-order valence-corrected chi connectivity index (χ3v) is 5.97.